The Morgan fingerprint density at radius 3 is 2.70 bits per heavy atom. The molecule has 2 rings (SSSR count). The van der Waals surface area contributed by atoms with E-state index in [4.69, 9.17) is 5.73 Å². The van der Waals surface area contributed by atoms with Crippen molar-refractivity contribution in [3.8, 4) is 0 Å². The number of carbonyl (C=O) groups excluding carboxylic acids is 3. The van der Waals surface area contributed by atoms with Crippen molar-refractivity contribution in [3.63, 3.8) is 0 Å². The number of carbonyl (C=O) groups is 3. The van der Waals surface area contributed by atoms with Gasteiger partial charge in [0, 0.05) is 19.6 Å². The number of nitrogens with one attached hydrogen (secondary N) is 2. The molecular weight excluding hydrogens is 296 g/mol. The molecule has 7 nitrogen and oxygen atoms in total. The van der Waals surface area contributed by atoms with Crippen LogP contribution in [0.3, 0.4) is 0 Å². The van der Waals surface area contributed by atoms with E-state index < -0.39 is 11.9 Å². The predicted octanol–water partition coefficient (Wildman–Crippen LogP) is -0.713. The summed E-state index contributed by atoms with van der Waals surface area (Å²) in [5.41, 5.74) is 7.26. The van der Waals surface area contributed by atoms with Gasteiger partial charge < -0.3 is 16.4 Å². The fourth-order valence-corrected chi connectivity index (χ4v) is 2.53. The van der Waals surface area contributed by atoms with E-state index in [2.05, 4.69) is 10.6 Å². The van der Waals surface area contributed by atoms with Crippen molar-refractivity contribution < 1.29 is 14.4 Å². The molecule has 0 aromatic heterocycles. The fraction of sp³-hybridized carbons (Fsp3) is 0.438. The summed E-state index contributed by atoms with van der Waals surface area (Å²) >= 11 is 0. The lowest BCUT2D eigenvalue weighted by Gasteiger charge is -2.34. The van der Waals surface area contributed by atoms with Gasteiger partial charge in [-0.2, -0.15) is 0 Å². The molecule has 0 unspecified atom stereocenters. The number of nitrogens with zero attached hydrogens (tertiary/aromatic N) is 1. The van der Waals surface area contributed by atoms with E-state index >= 15 is 0 Å². The molecule has 0 aliphatic carbocycles. The third-order valence-electron chi connectivity index (χ3n) is 3.79. The highest BCUT2D eigenvalue weighted by Crippen LogP contribution is 2.14. The topological polar surface area (TPSA) is 105 Å². The number of nitrogens with two attached hydrogens (primary N) is 1. The van der Waals surface area contributed by atoms with Crippen LogP contribution < -0.4 is 16.4 Å². The van der Waals surface area contributed by atoms with Gasteiger partial charge in [-0.15, -0.1) is 0 Å². The van der Waals surface area contributed by atoms with Crippen molar-refractivity contribution in [1.29, 1.82) is 0 Å². The van der Waals surface area contributed by atoms with Gasteiger partial charge in [0.1, 0.15) is 0 Å². The molecule has 1 fully saturated rings. The maximum absolute atomic E-state index is 12.1. The van der Waals surface area contributed by atoms with Gasteiger partial charge in [-0.05, 0) is 12.5 Å². The molecule has 1 atom stereocenters. The smallest absolute Gasteiger partial charge is 0.237 e. The number of piperazine rings is 1. The standard InChI is InChI=1S/C16H22N4O3/c1-11-2-4-12(5-3-11)10-20-7-6-18-16(23)13(20)8-15(22)19-9-14(17)21/h2-5,13H,6-10H2,1H3,(H2,17,21)(H,18,23)(H,19,22)/t13-/m0/s1. The zero-order valence-electron chi connectivity index (χ0n) is 13.2. The summed E-state index contributed by atoms with van der Waals surface area (Å²) in [6, 6.07) is 7.54. The second-order valence-corrected chi connectivity index (χ2v) is 5.71. The van der Waals surface area contributed by atoms with E-state index in [1.54, 1.807) is 0 Å². The summed E-state index contributed by atoms with van der Waals surface area (Å²) < 4.78 is 0. The first-order valence-corrected chi connectivity index (χ1v) is 7.58. The Labute approximate surface area is 135 Å². The molecule has 1 heterocycles. The Bertz CT molecular complexity index is 585. The summed E-state index contributed by atoms with van der Waals surface area (Å²) in [7, 11) is 0. The zero-order chi connectivity index (χ0) is 16.8. The fourth-order valence-electron chi connectivity index (χ4n) is 2.53. The van der Waals surface area contributed by atoms with Crippen LogP contribution in [0.2, 0.25) is 0 Å². The number of aryl methyl sites for hydroxylation is 1. The summed E-state index contributed by atoms with van der Waals surface area (Å²) in [6.45, 7) is 3.63. The number of benzene rings is 1. The number of primary amides is 1. The Morgan fingerprint density at radius 1 is 1.35 bits per heavy atom. The molecule has 0 saturated carbocycles. The van der Waals surface area contributed by atoms with Gasteiger partial charge in [-0.25, -0.2) is 0 Å². The lowest BCUT2D eigenvalue weighted by Crippen LogP contribution is -2.56. The number of hydrogen-bond acceptors (Lipinski definition) is 4. The molecule has 0 spiro atoms. The maximum Gasteiger partial charge on any atom is 0.237 e. The minimum absolute atomic E-state index is 0.00494. The largest absolute Gasteiger partial charge is 0.368 e. The van der Waals surface area contributed by atoms with Gasteiger partial charge in [-0.1, -0.05) is 29.8 Å². The number of rotatable bonds is 6. The molecule has 1 aliphatic rings. The van der Waals surface area contributed by atoms with E-state index in [0.717, 1.165) is 5.56 Å². The van der Waals surface area contributed by atoms with Crippen LogP contribution in [0.15, 0.2) is 24.3 Å². The van der Waals surface area contributed by atoms with Gasteiger partial charge >= 0.3 is 0 Å². The average molecular weight is 318 g/mol. The molecule has 23 heavy (non-hydrogen) atoms. The molecule has 124 valence electrons. The van der Waals surface area contributed by atoms with Crippen LogP contribution in [0.25, 0.3) is 0 Å². The third kappa shape index (κ3) is 5.07. The molecule has 3 amide bonds. The molecule has 4 N–H and O–H groups in total. The monoisotopic (exact) mass is 318 g/mol. The molecule has 7 heteroatoms. The molecule has 0 bridgehead atoms. The Balaban J connectivity index is 2.00. The summed E-state index contributed by atoms with van der Waals surface area (Å²) in [6.07, 6.45) is 0.00494. The van der Waals surface area contributed by atoms with Crippen LogP contribution in [-0.2, 0) is 20.9 Å². The number of hydrogen-bond donors (Lipinski definition) is 3. The quantitative estimate of drug-likeness (QED) is 0.644. The summed E-state index contributed by atoms with van der Waals surface area (Å²) in [4.78, 5) is 36.7. The molecule has 1 aromatic rings. The highest BCUT2D eigenvalue weighted by Gasteiger charge is 2.31. The minimum atomic E-state index is -0.608. The van der Waals surface area contributed by atoms with E-state index in [1.807, 2.05) is 36.1 Å². The van der Waals surface area contributed by atoms with Crippen molar-refractivity contribution in [2.24, 2.45) is 5.73 Å². The molecule has 0 radical (unpaired) electrons. The van der Waals surface area contributed by atoms with Crippen LogP contribution in [0.4, 0.5) is 0 Å². The van der Waals surface area contributed by atoms with Crippen molar-refractivity contribution in [1.82, 2.24) is 15.5 Å². The van der Waals surface area contributed by atoms with Crippen LogP contribution in [0, 0.1) is 6.92 Å². The van der Waals surface area contributed by atoms with E-state index in [1.165, 1.54) is 5.56 Å². The van der Waals surface area contributed by atoms with Crippen molar-refractivity contribution in [2.45, 2.75) is 25.9 Å². The molecule has 1 aliphatic heterocycles. The van der Waals surface area contributed by atoms with Crippen molar-refractivity contribution in [2.75, 3.05) is 19.6 Å². The van der Waals surface area contributed by atoms with Crippen LogP contribution in [0.1, 0.15) is 17.5 Å². The zero-order valence-corrected chi connectivity index (χ0v) is 13.2. The first-order chi connectivity index (χ1) is 11.0. The Morgan fingerprint density at radius 2 is 2.04 bits per heavy atom. The predicted molar refractivity (Wildman–Crippen MR) is 85.2 cm³/mol. The van der Waals surface area contributed by atoms with Gasteiger partial charge in [-0.3, -0.25) is 19.3 Å². The van der Waals surface area contributed by atoms with E-state index in [-0.39, 0.29) is 24.8 Å². The molecule has 1 aromatic carbocycles. The SMILES string of the molecule is Cc1ccc(CN2CCNC(=O)[C@@H]2CC(=O)NCC(N)=O)cc1. The second kappa shape index (κ2) is 7.73. The van der Waals surface area contributed by atoms with Crippen molar-refractivity contribution >= 4 is 17.7 Å². The summed E-state index contributed by atoms with van der Waals surface area (Å²) in [5.74, 6) is -1.14. The highest BCUT2D eigenvalue weighted by molar-refractivity contribution is 5.90. The molecule has 1 saturated heterocycles. The van der Waals surface area contributed by atoms with E-state index in [0.29, 0.717) is 19.6 Å². The minimum Gasteiger partial charge on any atom is -0.368 e. The normalized spacial score (nSPS) is 18.3. The first kappa shape index (κ1) is 17.0. The van der Waals surface area contributed by atoms with E-state index in [9.17, 15) is 14.4 Å². The summed E-state index contributed by atoms with van der Waals surface area (Å²) in [5, 5.41) is 5.20. The highest BCUT2D eigenvalue weighted by atomic mass is 16.2. The maximum atomic E-state index is 12.1. The van der Waals surface area contributed by atoms with Gasteiger partial charge in [0.15, 0.2) is 0 Å². The Kier molecular flexibility index (Phi) is 5.70. The Hall–Kier alpha value is -2.41. The molecular formula is C16H22N4O3. The third-order valence-corrected chi connectivity index (χ3v) is 3.79. The van der Waals surface area contributed by atoms with Crippen LogP contribution >= 0.6 is 0 Å². The second-order valence-electron chi connectivity index (χ2n) is 5.71. The van der Waals surface area contributed by atoms with Crippen LogP contribution in [-0.4, -0.2) is 48.3 Å². The van der Waals surface area contributed by atoms with Gasteiger partial charge in [0.2, 0.25) is 17.7 Å². The first-order valence-electron chi connectivity index (χ1n) is 7.58. The lowest BCUT2D eigenvalue weighted by molar-refractivity contribution is -0.134. The van der Waals surface area contributed by atoms with Gasteiger partial charge in [0.25, 0.3) is 0 Å². The lowest BCUT2D eigenvalue weighted by atomic mass is 10.1. The average Bonchev–Trinajstić information content (AvgIpc) is 2.51. The number of amides is 3. The van der Waals surface area contributed by atoms with Gasteiger partial charge in [0.05, 0.1) is 19.0 Å². The van der Waals surface area contributed by atoms with Crippen molar-refractivity contribution in [3.05, 3.63) is 35.4 Å². The van der Waals surface area contributed by atoms with Crippen LogP contribution in [0.5, 0.6) is 0 Å².